The van der Waals surface area contributed by atoms with Crippen LogP contribution in [0.5, 0.6) is 0 Å². The number of unbranched alkanes of at least 4 members (excludes halogenated alkanes) is 1. The standard InChI is InChI=1S/C12H18O4/c1-4-5-6-8-10-9(12(14-3)15-8)7(2)11(13)16-10/h8-10,12H,2,4-6H2,1,3H3/t8-,9+,10+,12-/m1/s1. The van der Waals surface area contributed by atoms with E-state index in [1.54, 1.807) is 7.11 Å². The maximum Gasteiger partial charge on any atom is 0.334 e. The second-order valence-electron chi connectivity index (χ2n) is 4.34. The number of esters is 1. The number of methoxy groups -OCH3 is 1. The quantitative estimate of drug-likeness (QED) is 0.540. The van der Waals surface area contributed by atoms with E-state index in [9.17, 15) is 4.79 Å². The molecule has 90 valence electrons. The van der Waals surface area contributed by atoms with Crippen LogP contribution in [-0.2, 0) is 19.0 Å². The van der Waals surface area contributed by atoms with E-state index in [2.05, 4.69) is 13.5 Å². The second kappa shape index (κ2) is 4.55. The highest BCUT2D eigenvalue weighted by Crippen LogP contribution is 2.41. The molecule has 0 amide bonds. The van der Waals surface area contributed by atoms with Crippen LogP contribution in [0.2, 0.25) is 0 Å². The molecule has 0 aliphatic carbocycles. The van der Waals surface area contributed by atoms with Gasteiger partial charge in [-0.05, 0) is 6.42 Å². The zero-order chi connectivity index (χ0) is 11.7. The highest BCUT2D eigenvalue weighted by Gasteiger charge is 2.54. The first kappa shape index (κ1) is 11.6. The van der Waals surface area contributed by atoms with Gasteiger partial charge in [-0.3, -0.25) is 0 Å². The van der Waals surface area contributed by atoms with Gasteiger partial charge in [-0.1, -0.05) is 26.3 Å². The smallest absolute Gasteiger partial charge is 0.334 e. The summed E-state index contributed by atoms with van der Waals surface area (Å²) >= 11 is 0. The normalized spacial score (nSPS) is 37.6. The van der Waals surface area contributed by atoms with Crippen LogP contribution in [-0.4, -0.2) is 31.6 Å². The molecule has 16 heavy (non-hydrogen) atoms. The lowest BCUT2D eigenvalue weighted by molar-refractivity contribution is -0.151. The van der Waals surface area contributed by atoms with Crippen molar-refractivity contribution in [1.29, 1.82) is 0 Å². The Hall–Kier alpha value is -0.870. The maximum atomic E-state index is 11.4. The Labute approximate surface area is 95.6 Å². The van der Waals surface area contributed by atoms with Gasteiger partial charge in [0.1, 0.15) is 6.10 Å². The lowest BCUT2D eigenvalue weighted by Gasteiger charge is -2.15. The number of hydrogen-bond donors (Lipinski definition) is 0. The van der Waals surface area contributed by atoms with Crippen LogP contribution in [0.25, 0.3) is 0 Å². The molecule has 0 unspecified atom stereocenters. The molecule has 4 heteroatoms. The third-order valence-corrected chi connectivity index (χ3v) is 3.30. The summed E-state index contributed by atoms with van der Waals surface area (Å²) in [6, 6.07) is 0. The summed E-state index contributed by atoms with van der Waals surface area (Å²) in [5.41, 5.74) is 0.482. The van der Waals surface area contributed by atoms with Gasteiger partial charge in [0.25, 0.3) is 0 Å². The van der Waals surface area contributed by atoms with Crippen LogP contribution in [0.15, 0.2) is 12.2 Å². The lowest BCUT2D eigenvalue weighted by Crippen LogP contribution is -2.25. The van der Waals surface area contributed by atoms with E-state index < -0.39 is 0 Å². The molecule has 2 aliphatic heterocycles. The summed E-state index contributed by atoms with van der Waals surface area (Å²) in [4.78, 5) is 11.4. The number of hydrogen-bond acceptors (Lipinski definition) is 4. The van der Waals surface area contributed by atoms with Crippen molar-refractivity contribution in [1.82, 2.24) is 0 Å². The van der Waals surface area contributed by atoms with Crippen LogP contribution in [0.3, 0.4) is 0 Å². The highest BCUT2D eigenvalue weighted by molar-refractivity contribution is 5.91. The Bertz CT molecular complexity index is 299. The number of ether oxygens (including phenoxy) is 3. The van der Waals surface area contributed by atoms with Gasteiger partial charge in [0.2, 0.25) is 0 Å². The van der Waals surface area contributed by atoms with E-state index in [0.29, 0.717) is 5.57 Å². The summed E-state index contributed by atoms with van der Waals surface area (Å²) in [6.07, 6.45) is 2.44. The topological polar surface area (TPSA) is 44.8 Å². The van der Waals surface area contributed by atoms with E-state index in [4.69, 9.17) is 14.2 Å². The molecule has 0 bridgehead atoms. The molecule has 2 saturated heterocycles. The lowest BCUT2D eigenvalue weighted by atomic mass is 9.94. The number of carbonyl (C=O) groups is 1. The van der Waals surface area contributed by atoms with Crippen LogP contribution < -0.4 is 0 Å². The Morgan fingerprint density at radius 2 is 2.25 bits per heavy atom. The zero-order valence-electron chi connectivity index (χ0n) is 9.77. The third kappa shape index (κ3) is 1.76. The summed E-state index contributed by atoms with van der Waals surface area (Å²) in [5, 5.41) is 0. The summed E-state index contributed by atoms with van der Waals surface area (Å²) in [6.45, 7) is 5.88. The van der Waals surface area contributed by atoms with Gasteiger partial charge in [-0.15, -0.1) is 0 Å². The molecule has 2 aliphatic rings. The molecule has 4 atom stereocenters. The van der Waals surface area contributed by atoms with Gasteiger partial charge >= 0.3 is 5.97 Å². The average molecular weight is 226 g/mol. The molecule has 0 aromatic rings. The molecule has 0 N–H and O–H groups in total. The van der Waals surface area contributed by atoms with Crippen molar-refractivity contribution < 1.29 is 19.0 Å². The largest absolute Gasteiger partial charge is 0.455 e. The minimum Gasteiger partial charge on any atom is -0.455 e. The Balaban J connectivity index is 2.10. The predicted octanol–water partition coefficient (Wildman–Crippen LogP) is 1.65. The Morgan fingerprint density at radius 3 is 2.88 bits per heavy atom. The first-order valence-electron chi connectivity index (χ1n) is 5.77. The molecule has 0 spiro atoms. The minimum atomic E-state index is -0.384. The van der Waals surface area contributed by atoms with E-state index >= 15 is 0 Å². The monoisotopic (exact) mass is 226 g/mol. The second-order valence-corrected chi connectivity index (χ2v) is 4.34. The molecule has 2 fully saturated rings. The van der Waals surface area contributed by atoms with Gasteiger partial charge in [0.15, 0.2) is 6.29 Å². The fraction of sp³-hybridized carbons (Fsp3) is 0.750. The van der Waals surface area contributed by atoms with Crippen LogP contribution in [0.4, 0.5) is 0 Å². The first-order chi connectivity index (χ1) is 7.69. The summed E-state index contributed by atoms with van der Waals surface area (Å²) < 4.78 is 16.3. The van der Waals surface area contributed by atoms with Crippen molar-refractivity contribution in [3.63, 3.8) is 0 Å². The van der Waals surface area contributed by atoms with Gasteiger partial charge in [0, 0.05) is 12.7 Å². The van der Waals surface area contributed by atoms with Gasteiger partial charge < -0.3 is 14.2 Å². The molecule has 4 nitrogen and oxygen atoms in total. The number of carbonyl (C=O) groups excluding carboxylic acids is 1. The Morgan fingerprint density at radius 1 is 1.50 bits per heavy atom. The molecule has 0 saturated carbocycles. The van der Waals surface area contributed by atoms with Crippen LogP contribution >= 0.6 is 0 Å². The third-order valence-electron chi connectivity index (χ3n) is 3.30. The predicted molar refractivity (Wildman–Crippen MR) is 57.7 cm³/mol. The minimum absolute atomic E-state index is 0.0434. The van der Waals surface area contributed by atoms with Crippen molar-refractivity contribution in [2.24, 2.45) is 5.92 Å². The van der Waals surface area contributed by atoms with E-state index in [1.807, 2.05) is 0 Å². The molecular formula is C12H18O4. The average Bonchev–Trinajstić information content (AvgIpc) is 2.76. The van der Waals surface area contributed by atoms with Crippen LogP contribution in [0, 0.1) is 5.92 Å². The zero-order valence-corrected chi connectivity index (χ0v) is 9.77. The van der Waals surface area contributed by atoms with E-state index in [0.717, 1.165) is 19.3 Å². The van der Waals surface area contributed by atoms with Crippen molar-refractivity contribution >= 4 is 5.97 Å². The van der Waals surface area contributed by atoms with Gasteiger partial charge in [0.05, 0.1) is 12.0 Å². The van der Waals surface area contributed by atoms with Crippen molar-refractivity contribution in [2.75, 3.05) is 7.11 Å². The van der Waals surface area contributed by atoms with Crippen LogP contribution in [0.1, 0.15) is 26.2 Å². The van der Waals surface area contributed by atoms with E-state index in [1.165, 1.54) is 0 Å². The van der Waals surface area contributed by atoms with Gasteiger partial charge in [-0.2, -0.15) is 0 Å². The summed E-state index contributed by atoms with van der Waals surface area (Å²) in [7, 11) is 1.58. The van der Waals surface area contributed by atoms with Crippen molar-refractivity contribution in [3.05, 3.63) is 12.2 Å². The fourth-order valence-electron chi connectivity index (χ4n) is 2.41. The van der Waals surface area contributed by atoms with Gasteiger partial charge in [-0.25, -0.2) is 4.79 Å². The highest BCUT2D eigenvalue weighted by atomic mass is 16.7. The molecule has 2 rings (SSSR count). The fourth-order valence-corrected chi connectivity index (χ4v) is 2.41. The van der Waals surface area contributed by atoms with Crippen molar-refractivity contribution in [2.45, 2.75) is 44.7 Å². The van der Waals surface area contributed by atoms with Crippen molar-refractivity contribution in [3.8, 4) is 0 Å². The molecule has 2 heterocycles. The molecule has 0 radical (unpaired) electrons. The first-order valence-corrected chi connectivity index (χ1v) is 5.77. The van der Waals surface area contributed by atoms with E-state index in [-0.39, 0.29) is 30.4 Å². The molecule has 0 aromatic carbocycles. The number of rotatable bonds is 4. The summed E-state index contributed by atoms with van der Waals surface area (Å²) in [5.74, 6) is -0.429. The molecule has 0 aromatic heterocycles. The Kier molecular flexibility index (Phi) is 3.30. The maximum absolute atomic E-state index is 11.4. The SMILES string of the molecule is C=C1C(=O)O[C@@H]2[C@H]1[C@H](OC)O[C@@H]2CCCC. The number of fused-ring (bicyclic) bond motifs is 1. The molecular weight excluding hydrogens is 208 g/mol.